The summed E-state index contributed by atoms with van der Waals surface area (Å²) >= 11 is 0. The molecule has 0 aliphatic carbocycles. The number of carboxylic acids is 1. The maximum Gasteiger partial charge on any atom is 0.307 e. The Morgan fingerprint density at radius 3 is 2.57 bits per heavy atom. The Bertz CT molecular complexity index is 626. The minimum atomic E-state index is -3.64. The largest absolute Gasteiger partial charge is 0.494 e. The van der Waals surface area contributed by atoms with E-state index in [1.807, 2.05) is 0 Å². The first-order valence-corrected chi connectivity index (χ1v) is 9.35. The third-order valence-electron chi connectivity index (χ3n) is 3.98. The fourth-order valence-corrected chi connectivity index (χ4v) is 4.05. The Morgan fingerprint density at radius 2 is 2.00 bits per heavy atom. The van der Waals surface area contributed by atoms with Crippen molar-refractivity contribution in [1.29, 1.82) is 0 Å². The third-order valence-corrected chi connectivity index (χ3v) is 5.86. The van der Waals surface area contributed by atoms with Gasteiger partial charge in [-0.1, -0.05) is 19.8 Å². The number of rotatable bonds is 8. The summed E-state index contributed by atoms with van der Waals surface area (Å²) in [5.74, 6) is -0.922. The number of benzene rings is 1. The number of hydrogen-bond donors (Lipinski definition) is 1. The number of carboxylic acid groups (broad SMARTS) is 1. The molecule has 1 unspecified atom stereocenters. The molecule has 1 N–H and O–H groups in total. The van der Waals surface area contributed by atoms with Crippen molar-refractivity contribution < 1.29 is 23.1 Å². The van der Waals surface area contributed by atoms with Crippen molar-refractivity contribution in [3.8, 4) is 5.75 Å². The number of hydrogen-bond acceptors (Lipinski definition) is 4. The van der Waals surface area contributed by atoms with Crippen LogP contribution < -0.4 is 4.74 Å². The number of carbonyl (C=O) groups is 1. The highest BCUT2D eigenvalue weighted by atomic mass is 32.2. The lowest BCUT2D eigenvalue weighted by Crippen LogP contribution is -2.30. The van der Waals surface area contributed by atoms with Crippen molar-refractivity contribution >= 4 is 16.0 Å². The summed E-state index contributed by atoms with van der Waals surface area (Å²) in [5, 5.41) is 8.99. The SMILES string of the molecule is CCCCCOc1ccc(S(=O)(=O)N2CCC(C(=O)O)C2)cc1. The van der Waals surface area contributed by atoms with E-state index in [4.69, 9.17) is 9.84 Å². The second-order valence-electron chi connectivity index (χ2n) is 5.71. The first-order valence-electron chi connectivity index (χ1n) is 7.91. The van der Waals surface area contributed by atoms with Gasteiger partial charge in [-0.05, 0) is 37.1 Å². The van der Waals surface area contributed by atoms with Crippen LogP contribution in [0.2, 0.25) is 0 Å². The lowest BCUT2D eigenvalue weighted by Gasteiger charge is -2.16. The molecule has 1 atom stereocenters. The molecule has 0 aromatic heterocycles. The maximum atomic E-state index is 12.5. The Labute approximate surface area is 137 Å². The van der Waals surface area contributed by atoms with Gasteiger partial charge in [0.2, 0.25) is 10.0 Å². The molecular weight excluding hydrogens is 318 g/mol. The quantitative estimate of drug-likeness (QED) is 0.734. The predicted octanol–water partition coefficient (Wildman–Crippen LogP) is 2.35. The molecule has 1 heterocycles. The first kappa shape index (κ1) is 17.7. The van der Waals surface area contributed by atoms with Gasteiger partial charge in [0.25, 0.3) is 0 Å². The Kier molecular flexibility index (Phi) is 6.01. The van der Waals surface area contributed by atoms with Gasteiger partial charge in [-0.15, -0.1) is 0 Å². The molecular formula is C16H23NO5S. The summed E-state index contributed by atoms with van der Waals surface area (Å²) in [6, 6.07) is 6.31. The fraction of sp³-hybridized carbons (Fsp3) is 0.562. The standard InChI is InChI=1S/C16H23NO5S/c1-2-3-4-11-22-14-5-7-15(8-6-14)23(20,21)17-10-9-13(12-17)16(18)19/h5-8,13H,2-4,9-12H2,1H3,(H,18,19). The minimum Gasteiger partial charge on any atom is -0.494 e. The van der Waals surface area contributed by atoms with E-state index in [1.165, 1.54) is 16.4 Å². The van der Waals surface area contributed by atoms with E-state index >= 15 is 0 Å². The number of nitrogens with zero attached hydrogens (tertiary/aromatic N) is 1. The number of unbranched alkanes of at least 4 members (excludes halogenated alkanes) is 2. The molecule has 1 aliphatic heterocycles. The monoisotopic (exact) mass is 341 g/mol. The zero-order valence-corrected chi connectivity index (χ0v) is 14.1. The Hall–Kier alpha value is -1.60. The van der Waals surface area contributed by atoms with Crippen LogP contribution in [-0.4, -0.2) is 43.5 Å². The molecule has 1 saturated heterocycles. The van der Waals surface area contributed by atoms with Crippen molar-refractivity contribution in [1.82, 2.24) is 4.31 Å². The van der Waals surface area contributed by atoms with Crippen molar-refractivity contribution in [2.45, 2.75) is 37.5 Å². The molecule has 7 heteroatoms. The van der Waals surface area contributed by atoms with Gasteiger partial charge in [0.05, 0.1) is 17.4 Å². The summed E-state index contributed by atoms with van der Waals surface area (Å²) in [5.41, 5.74) is 0. The van der Waals surface area contributed by atoms with Gasteiger partial charge < -0.3 is 9.84 Å². The highest BCUT2D eigenvalue weighted by Gasteiger charge is 2.35. The second-order valence-corrected chi connectivity index (χ2v) is 7.65. The third kappa shape index (κ3) is 4.45. The van der Waals surface area contributed by atoms with Crippen molar-refractivity contribution in [2.75, 3.05) is 19.7 Å². The zero-order chi connectivity index (χ0) is 16.9. The normalized spacial score (nSPS) is 18.9. The summed E-state index contributed by atoms with van der Waals surface area (Å²) in [6.07, 6.45) is 3.55. The predicted molar refractivity (Wildman–Crippen MR) is 86.0 cm³/mol. The van der Waals surface area contributed by atoms with E-state index in [2.05, 4.69) is 6.92 Å². The van der Waals surface area contributed by atoms with Crippen molar-refractivity contribution in [3.63, 3.8) is 0 Å². The smallest absolute Gasteiger partial charge is 0.307 e. The van der Waals surface area contributed by atoms with Gasteiger partial charge in [0.1, 0.15) is 5.75 Å². The van der Waals surface area contributed by atoms with Crippen LogP contribution in [0.1, 0.15) is 32.6 Å². The lowest BCUT2D eigenvalue weighted by atomic mass is 10.1. The fourth-order valence-electron chi connectivity index (χ4n) is 2.55. The van der Waals surface area contributed by atoms with Crippen LogP contribution in [0.5, 0.6) is 5.75 Å². The Morgan fingerprint density at radius 1 is 1.30 bits per heavy atom. The molecule has 0 amide bonds. The van der Waals surface area contributed by atoms with Gasteiger partial charge in [-0.2, -0.15) is 4.31 Å². The molecule has 6 nitrogen and oxygen atoms in total. The van der Waals surface area contributed by atoms with Crippen molar-refractivity contribution in [2.24, 2.45) is 5.92 Å². The molecule has 1 aromatic carbocycles. The Balaban J connectivity index is 1.99. The van der Waals surface area contributed by atoms with Crippen LogP contribution in [0.4, 0.5) is 0 Å². The van der Waals surface area contributed by atoms with E-state index in [0.29, 0.717) is 18.8 Å². The highest BCUT2D eigenvalue weighted by Crippen LogP contribution is 2.25. The molecule has 0 saturated carbocycles. The van der Waals surface area contributed by atoms with Crippen LogP contribution in [0.3, 0.4) is 0 Å². The number of sulfonamides is 1. The van der Waals surface area contributed by atoms with E-state index in [1.54, 1.807) is 12.1 Å². The van der Waals surface area contributed by atoms with E-state index in [-0.39, 0.29) is 18.0 Å². The molecule has 2 rings (SSSR count). The van der Waals surface area contributed by atoms with Crippen molar-refractivity contribution in [3.05, 3.63) is 24.3 Å². The van der Waals surface area contributed by atoms with Crippen LogP contribution in [0.25, 0.3) is 0 Å². The van der Waals surface area contributed by atoms with Crippen LogP contribution >= 0.6 is 0 Å². The highest BCUT2D eigenvalue weighted by molar-refractivity contribution is 7.89. The summed E-state index contributed by atoms with van der Waals surface area (Å²) in [4.78, 5) is 11.1. The first-order chi connectivity index (χ1) is 10.9. The molecule has 0 bridgehead atoms. The average Bonchev–Trinajstić information content (AvgIpc) is 3.03. The van der Waals surface area contributed by atoms with Gasteiger partial charge in [-0.3, -0.25) is 4.79 Å². The summed E-state index contributed by atoms with van der Waals surface area (Å²) in [7, 11) is -3.64. The molecule has 0 spiro atoms. The number of ether oxygens (including phenoxy) is 1. The average molecular weight is 341 g/mol. The maximum absolute atomic E-state index is 12.5. The molecule has 1 fully saturated rings. The second kappa shape index (κ2) is 7.79. The molecule has 1 aromatic rings. The van der Waals surface area contributed by atoms with Gasteiger partial charge in [-0.25, -0.2) is 8.42 Å². The topological polar surface area (TPSA) is 83.9 Å². The molecule has 0 radical (unpaired) electrons. The number of aliphatic carboxylic acids is 1. The molecule has 128 valence electrons. The van der Waals surface area contributed by atoms with Crippen LogP contribution in [0, 0.1) is 5.92 Å². The lowest BCUT2D eigenvalue weighted by molar-refractivity contribution is -0.141. The summed E-state index contributed by atoms with van der Waals surface area (Å²) < 4.78 is 31.8. The van der Waals surface area contributed by atoms with E-state index in [9.17, 15) is 13.2 Å². The van der Waals surface area contributed by atoms with Crippen LogP contribution in [-0.2, 0) is 14.8 Å². The van der Waals surface area contributed by atoms with Crippen LogP contribution in [0.15, 0.2) is 29.2 Å². The zero-order valence-electron chi connectivity index (χ0n) is 13.3. The van der Waals surface area contributed by atoms with E-state index < -0.39 is 21.9 Å². The molecule has 1 aliphatic rings. The van der Waals surface area contributed by atoms with Gasteiger partial charge >= 0.3 is 5.97 Å². The van der Waals surface area contributed by atoms with Gasteiger partial charge in [0.15, 0.2) is 0 Å². The van der Waals surface area contributed by atoms with E-state index in [0.717, 1.165) is 19.3 Å². The summed E-state index contributed by atoms with van der Waals surface area (Å²) in [6.45, 7) is 3.01. The minimum absolute atomic E-state index is 0.0347. The molecule has 23 heavy (non-hydrogen) atoms. The van der Waals surface area contributed by atoms with Gasteiger partial charge in [0, 0.05) is 13.1 Å².